The van der Waals surface area contributed by atoms with Crippen molar-refractivity contribution in [2.24, 2.45) is 0 Å². The van der Waals surface area contributed by atoms with Crippen LogP contribution in [0.4, 0.5) is 4.39 Å². The minimum atomic E-state index is -0.269. The molecule has 0 fully saturated rings. The lowest BCUT2D eigenvalue weighted by atomic mass is 10.1. The van der Waals surface area contributed by atoms with Gasteiger partial charge in [-0.15, -0.1) is 10.2 Å². The van der Waals surface area contributed by atoms with Crippen LogP contribution >= 0.6 is 23.4 Å². The Kier molecular flexibility index (Phi) is 7.75. The standard InChI is InChI=1S/C25H22ClFN4OS/c26-22-9-5-4-8-21(22)24-29-30-25(31(24)16-19-6-2-1-3-7-19)33-17-23(32)28-15-14-18-10-12-20(27)13-11-18/h1-13H,14-17H2,(H,28,32). The Morgan fingerprint density at radius 2 is 1.67 bits per heavy atom. The Labute approximate surface area is 201 Å². The zero-order chi connectivity index (χ0) is 23.0. The predicted octanol–water partition coefficient (Wildman–Crippen LogP) is 5.24. The number of carbonyl (C=O) groups excluding carboxylic acids is 1. The van der Waals surface area contributed by atoms with E-state index in [1.54, 1.807) is 12.1 Å². The largest absolute Gasteiger partial charge is 0.355 e. The topological polar surface area (TPSA) is 59.8 Å². The van der Waals surface area contributed by atoms with Crippen molar-refractivity contribution in [3.63, 3.8) is 0 Å². The molecule has 0 aliphatic rings. The van der Waals surface area contributed by atoms with Gasteiger partial charge in [-0.1, -0.05) is 78.0 Å². The van der Waals surface area contributed by atoms with Gasteiger partial charge >= 0.3 is 0 Å². The lowest BCUT2D eigenvalue weighted by molar-refractivity contribution is -0.118. The summed E-state index contributed by atoms with van der Waals surface area (Å²) in [6.07, 6.45) is 0.636. The maximum absolute atomic E-state index is 13.0. The van der Waals surface area contributed by atoms with Gasteiger partial charge in [-0.3, -0.25) is 9.36 Å². The normalized spacial score (nSPS) is 10.8. The van der Waals surface area contributed by atoms with E-state index < -0.39 is 0 Å². The number of nitrogens with one attached hydrogen (secondary N) is 1. The summed E-state index contributed by atoms with van der Waals surface area (Å²) in [6.45, 7) is 1.04. The number of nitrogens with zero attached hydrogens (tertiary/aromatic N) is 3. The number of rotatable bonds is 9. The molecule has 1 N–H and O–H groups in total. The van der Waals surface area contributed by atoms with Crippen molar-refractivity contribution in [3.05, 3.63) is 101 Å². The Morgan fingerprint density at radius 1 is 0.939 bits per heavy atom. The Balaban J connectivity index is 1.43. The third kappa shape index (κ3) is 6.21. The molecule has 1 aromatic heterocycles. The van der Waals surface area contributed by atoms with E-state index in [1.165, 1.54) is 23.9 Å². The van der Waals surface area contributed by atoms with E-state index in [4.69, 9.17) is 11.6 Å². The molecule has 0 aliphatic heterocycles. The number of thioether (sulfide) groups is 1. The highest BCUT2D eigenvalue weighted by Gasteiger charge is 2.17. The third-order valence-electron chi connectivity index (χ3n) is 5.00. The summed E-state index contributed by atoms with van der Waals surface area (Å²) < 4.78 is 15.0. The number of hydrogen-bond acceptors (Lipinski definition) is 4. The molecule has 1 heterocycles. The molecule has 3 aromatic carbocycles. The van der Waals surface area contributed by atoms with Crippen LogP contribution in [0.15, 0.2) is 84.0 Å². The quantitative estimate of drug-likeness (QED) is 0.333. The van der Waals surface area contributed by atoms with E-state index in [0.29, 0.717) is 35.5 Å². The summed E-state index contributed by atoms with van der Waals surface area (Å²) in [5.74, 6) is 0.494. The summed E-state index contributed by atoms with van der Waals surface area (Å²) in [7, 11) is 0. The molecule has 33 heavy (non-hydrogen) atoms. The zero-order valence-corrected chi connectivity index (χ0v) is 19.3. The van der Waals surface area contributed by atoms with Crippen LogP contribution in [0.3, 0.4) is 0 Å². The van der Waals surface area contributed by atoms with Gasteiger partial charge in [-0.25, -0.2) is 4.39 Å². The molecule has 4 rings (SSSR count). The van der Waals surface area contributed by atoms with Crippen LogP contribution in [0.2, 0.25) is 5.02 Å². The molecule has 0 unspecified atom stereocenters. The smallest absolute Gasteiger partial charge is 0.230 e. The first-order valence-corrected chi connectivity index (χ1v) is 11.8. The van der Waals surface area contributed by atoms with Gasteiger partial charge in [0.2, 0.25) is 5.91 Å². The van der Waals surface area contributed by atoms with Gasteiger partial charge in [0.25, 0.3) is 0 Å². The van der Waals surface area contributed by atoms with E-state index in [1.807, 2.05) is 59.2 Å². The molecule has 0 radical (unpaired) electrons. The second-order valence-electron chi connectivity index (χ2n) is 7.37. The molecule has 4 aromatic rings. The molecular weight excluding hydrogens is 459 g/mol. The van der Waals surface area contributed by atoms with Gasteiger partial charge in [0, 0.05) is 12.1 Å². The lowest BCUT2D eigenvalue weighted by Gasteiger charge is -2.11. The van der Waals surface area contributed by atoms with Crippen molar-refractivity contribution in [1.29, 1.82) is 0 Å². The minimum absolute atomic E-state index is 0.101. The fourth-order valence-electron chi connectivity index (χ4n) is 3.32. The van der Waals surface area contributed by atoms with Crippen LogP contribution in [0.5, 0.6) is 0 Å². The summed E-state index contributed by atoms with van der Waals surface area (Å²) in [6, 6.07) is 23.8. The Hall–Kier alpha value is -3.16. The summed E-state index contributed by atoms with van der Waals surface area (Å²) in [5, 5.41) is 12.8. The molecule has 5 nitrogen and oxygen atoms in total. The molecule has 0 bridgehead atoms. The average molecular weight is 481 g/mol. The summed E-state index contributed by atoms with van der Waals surface area (Å²) >= 11 is 7.74. The summed E-state index contributed by atoms with van der Waals surface area (Å²) in [5.41, 5.74) is 2.85. The maximum Gasteiger partial charge on any atom is 0.230 e. The van der Waals surface area contributed by atoms with Crippen molar-refractivity contribution in [1.82, 2.24) is 20.1 Å². The fraction of sp³-hybridized carbons (Fsp3) is 0.160. The first-order chi connectivity index (χ1) is 16.1. The maximum atomic E-state index is 13.0. The van der Waals surface area contributed by atoms with Gasteiger partial charge in [0.05, 0.1) is 17.3 Å². The first kappa shape index (κ1) is 23.0. The predicted molar refractivity (Wildman–Crippen MR) is 130 cm³/mol. The molecule has 8 heteroatoms. The van der Waals surface area contributed by atoms with E-state index in [0.717, 1.165) is 16.7 Å². The Bertz CT molecular complexity index is 1210. The number of halogens is 2. The number of amides is 1. The van der Waals surface area contributed by atoms with E-state index in [-0.39, 0.29) is 17.5 Å². The number of hydrogen-bond donors (Lipinski definition) is 1. The second-order valence-corrected chi connectivity index (χ2v) is 8.72. The van der Waals surface area contributed by atoms with Gasteiger partial charge in [-0.2, -0.15) is 0 Å². The highest BCUT2D eigenvalue weighted by Crippen LogP contribution is 2.30. The Morgan fingerprint density at radius 3 is 2.42 bits per heavy atom. The van der Waals surface area contributed by atoms with Crippen molar-refractivity contribution < 1.29 is 9.18 Å². The molecular formula is C25H22ClFN4OS. The van der Waals surface area contributed by atoms with Crippen molar-refractivity contribution in [2.45, 2.75) is 18.1 Å². The van der Waals surface area contributed by atoms with Crippen molar-refractivity contribution in [2.75, 3.05) is 12.3 Å². The SMILES string of the molecule is O=C(CSc1nnc(-c2ccccc2Cl)n1Cc1ccccc1)NCCc1ccc(F)cc1. The number of aromatic nitrogens is 3. The fourth-order valence-corrected chi connectivity index (χ4v) is 4.31. The zero-order valence-electron chi connectivity index (χ0n) is 17.7. The molecule has 0 spiro atoms. The second kappa shape index (κ2) is 11.1. The van der Waals surface area contributed by atoms with Crippen LogP contribution in [-0.2, 0) is 17.8 Å². The van der Waals surface area contributed by atoms with Crippen molar-refractivity contribution in [3.8, 4) is 11.4 Å². The molecule has 1 amide bonds. The highest BCUT2D eigenvalue weighted by atomic mass is 35.5. The van der Waals surface area contributed by atoms with E-state index in [2.05, 4.69) is 15.5 Å². The minimum Gasteiger partial charge on any atom is -0.355 e. The molecule has 0 aliphatic carbocycles. The van der Waals surface area contributed by atoms with E-state index >= 15 is 0 Å². The average Bonchev–Trinajstić information content (AvgIpc) is 3.22. The highest BCUT2D eigenvalue weighted by molar-refractivity contribution is 7.99. The third-order valence-corrected chi connectivity index (χ3v) is 6.29. The van der Waals surface area contributed by atoms with Crippen molar-refractivity contribution >= 4 is 29.3 Å². The monoisotopic (exact) mass is 480 g/mol. The van der Waals surface area contributed by atoms with Crippen LogP contribution in [0, 0.1) is 5.82 Å². The number of carbonyl (C=O) groups is 1. The van der Waals surface area contributed by atoms with E-state index in [9.17, 15) is 9.18 Å². The van der Waals surface area contributed by atoms with Gasteiger partial charge < -0.3 is 5.32 Å². The van der Waals surface area contributed by atoms with Gasteiger partial charge in [0.15, 0.2) is 11.0 Å². The molecule has 0 atom stereocenters. The van der Waals surface area contributed by atoms with Crippen LogP contribution in [0.25, 0.3) is 11.4 Å². The molecule has 168 valence electrons. The van der Waals surface area contributed by atoms with Crippen LogP contribution < -0.4 is 5.32 Å². The summed E-state index contributed by atoms with van der Waals surface area (Å²) in [4.78, 5) is 12.4. The van der Waals surface area contributed by atoms with Gasteiger partial charge in [-0.05, 0) is 41.8 Å². The van der Waals surface area contributed by atoms with Crippen LogP contribution in [-0.4, -0.2) is 33.0 Å². The van der Waals surface area contributed by atoms with Gasteiger partial charge in [0.1, 0.15) is 5.82 Å². The first-order valence-electron chi connectivity index (χ1n) is 10.5. The molecule has 0 saturated carbocycles. The lowest BCUT2D eigenvalue weighted by Crippen LogP contribution is -2.27. The van der Waals surface area contributed by atoms with Crippen LogP contribution in [0.1, 0.15) is 11.1 Å². The number of benzene rings is 3. The molecule has 0 saturated heterocycles.